The molecule has 0 saturated heterocycles. The molecule has 1 aromatic rings. The van der Waals surface area contributed by atoms with E-state index in [-0.39, 0.29) is 12.5 Å². The van der Waals surface area contributed by atoms with Crippen LogP contribution in [0, 0.1) is 12.8 Å². The summed E-state index contributed by atoms with van der Waals surface area (Å²) < 4.78 is 0. The molecule has 17 heavy (non-hydrogen) atoms. The van der Waals surface area contributed by atoms with Crippen LogP contribution in [0.5, 0.6) is 0 Å². The van der Waals surface area contributed by atoms with Gasteiger partial charge in [-0.05, 0) is 24.6 Å². The monoisotopic (exact) mass is 255 g/mol. The molecule has 92 valence electrons. The van der Waals surface area contributed by atoms with E-state index >= 15 is 0 Å². The van der Waals surface area contributed by atoms with E-state index < -0.39 is 11.9 Å². The number of benzene rings is 1. The van der Waals surface area contributed by atoms with Gasteiger partial charge in [0.1, 0.15) is 0 Å². The fourth-order valence-corrected chi connectivity index (χ4v) is 1.46. The van der Waals surface area contributed by atoms with Gasteiger partial charge in [-0.25, -0.2) is 0 Å². The van der Waals surface area contributed by atoms with Gasteiger partial charge in [-0.2, -0.15) is 0 Å². The Bertz CT molecular complexity index is 445. The summed E-state index contributed by atoms with van der Waals surface area (Å²) in [6, 6.07) is 5.04. The topological polar surface area (TPSA) is 66.4 Å². The molecule has 0 aromatic heterocycles. The van der Waals surface area contributed by atoms with Gasteiger partial charge in [-0.1, -0.05) is 24.6 Å². The average molecular weight is 256 g/mol. The van der Waals surface area contributed by atoms with E-state index in [0.29, 0.717) is 16.1 Å². The lowest BCUT2D eigenvalue weighted by Crippen LogP contribution is -2.31. The third-order valence-corrected chi connectivity index (χ3v) is 2.91. The minimum absolute atomic E-state index is 0.0973. The van der Waals surface area contributed by atoms with E-state index in [1.807, 2.05) is 0 Å². The van der Waals surface area contributed by atoms with E-state index in [1.165, 1.54) is 6.92 Å². The van der Waals surface area contributed by atoms with Gasteiger partial charge < -0.3 is 10.4 Å². The van der Waals surface area contributed by atoms with Crippen molar-refractivity contribution in [2.75, 3.05) is 6.54 Å². The summed E-state index contributed by atoms with van der Waals surface area (Å²) in [5.41, 5.74) is 1.16. The number of amides is 1. The molecule has 1 rings (SSSR count). The third-order valence-electron chi connectivity index (χ3n) is 2.50. The number of carboxylic acid groups (broad SMARTS) is 1. The smallest absolute Gasteiger partial charge is 0.308 e. The number of hydrogen-bond donors (Lipinski definition) is 2. The standard InChI is InChI=1S/C12H14ClNO3/c1-7(12(16)17)6-14-11(15)9-4-3-5-10(13)8(9)2/h3-5,7H,6H2,1-2H3,(H,14,15)(H,16,17). The summed E-state index contributed by atoms with van der Waals surface area (Å²) in [6.45, 7) is 3.38. The second kappa shape index (κ2) is 5.68. The Morgan fingerprint density at radius 2 is 2.12 bits per heavy atom. The number of rotatable bonds is 4. The van der Waals surface area contributed by atoms with Crippen molar-refractivity contribution in [2.45, 2.75) is 13.8 Å². The number of nitrogens with one attached hydrogen (secondary N) is 1. The zero-order valence-electron chi connectivity index (χ0n) is 9.66. The van der Waals surface area contributed by atoms with Crippen LogP contribution in [-0.2, 0) is 4.79 Å². The summed E-state index contributed by atoms with van der Waals surface area (Å²) in [7, 11) is 0. The van der Waals surface area contributed by atoms with Crippen LogP contribution >= 0.6 is 11.6 Å². The molecule has 4 nitrogen and oxygen atoms in total. The van der Waals surface area contributed by atoms with E-state index in [1.54, 1.807) is 25.1 Å². The molecule has 0 fully saturated rings. The predicted octanol–water partition coefficient (Wildman–Crippen LogP) is 2.10. The summed E-state index contributed by atoms with van der Waals surface area (Å²) in [5, 5.41) is 11.8. The highest BCUT2D eigenvalue weighted by atomic mass is 35.5. The summed E-state index contributed by atoms with van der Waals surface area (Å²) in [4.78, 5) is 22.4. The van der Waals surface area contributed by atoms with Crippen LogP contribution < -0.4 is 5.32 Å². The number of carbonyl (C=O) groups excluding carboxylic acids is 1. The first-order valence-corrected chi connectivity index (χ1v) is 5.57. The Hall–Kier alpha value is -1.55. The Kier molecular flexibility index (Phi) is 4.52. The second-order valence-corrected chi connectivity index (χ2v) is 4.27. The zero-order valence-corrected chi connectivity index (χ0v) is 10.4. The molecule has 0 heterocycles. The molecule has 1 amide bonds. The normalized spacial score (nSPS) is 11.9. The zero-order chi connectivity index (χ0) is 13.0. The van der Waals surface area contributed by atoms with Gasteiger partial charge in [0.15, 0.2) is 0 Å². The van der Waals surface area contributed by atoms with Crippen molar-refractivity contribution in [3.63, 3.8) is 0 Å². The molecule has 0 spiro atoms. The largest absolute Gasteiger partial charge is 0.481 e. The third kappa shape index (κ3) is 3.46. The Morgan fingerprint density at radius 3 is 2.71 bits per heavy atom. The highest BCUT2D eigenvalue weighted by Crippen LogP contribution is 2.18. The van der Waals surface area contributed by atoms with Crippen LogP contribution in [0.3, 0.4) is 0 Å². The summed E-state index contributed by atoms with van der Waals surface area (Å²) in [5.74, 6) is -1.86. The number of carboxylic acids is 1. The average Bonchev–Trinajstić information content (AvgIpc) is 2.29. The van der Waals surface area contributed by atoms with E-state index in [2.05, 4.69) is 5.32 Å². The van der Waals surface area contributed by atoms with Gasteiger partial charge in [-0.15, -0.1) is 0 Å². The number of halogens is 1. The lowest BCUT2D eigenvalue weighted by Gasteiger charge is -2.10. The van der Waals surface area contributed by atoms with Crippen LogP contribution in [0.15, 0.2) is 18.2 Å². The van der Waals surface area contributed by atoms with Gasteiger partial charge in [-0.3, -0.25) is 9.59 Å². The molecular formula is C12H14ClNO3. The molecule has 0 aliphatic heterocycles. The predicted molar refractivity (Wildman–Crippen MR) is 65.3 cm³/mol. The van der Waals surface area contributed by atoms with Gasteiger partial charge in [0.05, 0.1) is 5.92 Å². The maximum atomic E-state index is 11.8. The Balaban J connectivity index is 2.71. The summed E-state index contributed by atoms with van der Waals surface area (Å²) >= 11 is 5.90. The van der Waals surface area contributed by atoms with Crippen LogP contribution in [0.25, 0.3) is 0 Å². The van der Waals surface area contributed by atoms with E-state index in [4.69, 9.17) is 16.7 Å². The number of carbonyl (C=O) groups is 2. The van der Waals surface area contributed by atoms with Crippen LogP contribution in [-0.4, -0.2) is 23.5 Å². The quantitative estimate of drug-likeness (QED) is 0.866. The molecule has 0 bridgehead atoms. The highest BCUT2D eigenvalue weighted by molar-refractivity contribution is 6.31. The van der Waals surface area contributed by atoms with E-state index in [9.17, 15) is 9.59 Å². The highest BCUT2D eigenvalue weighted by Gasteiger charge is 2.14. The van der Waals surface area contributed by atoms with Crippen molar-refractivity contribution in [1.29, 1.82) is 0 Å². The van der Waals surface area contributed by atoms with Crippen molar-refractivity contribution < 1.29 is 14.7 Å². The first kappa shape index (κ1) is 13.5. The maximum Gasteiger partial charge on any atom is 0.308 e. The molecule has 0 radical (unpaired) electrons. The summed E-state index contributed by atoms with van der Waals surface area (Å²) in [6.07, 6.45) is 0. The molecule has 0 aliphatic carbocycles. The van der Waals surface area contributed by atoms with Crippen LogP contribution in [0.4, 0.5) is 0 Å². The lowest BCUT2D eigenvalue weighted by atomic mass is 10.1. The van der Waals surface area contributed by atoms with Crippen molar-refractivity contribution in [3.8, 4) is 0 Å². The van der Waals surface area contributed by atoms with Crippen LogP contribution in [0.1, 0.15) is 22.8 Å². The maximum absolute atomic E-state index is 11.8. The fourth-order valence-electron chi connectivity index (χ4n) is 1.28. The fraction of sp³-hybridized carbons (Fsp3) is 0.333. The van der Waals surface area contributed by atoms with Crippen molar-refractivity contribution in [3.05, 3.63) is 34.3 Å². The van der Waals surface area contributed by atoms with Gasteiger partial charge in [0.25, 0.3) is 5.91 Å². The molecular weight excluding hydrogens is 242 g/mol. The minimum Gasteiger partial charge on any atom is -0.481 e. The number of aliphatic carboxylic acids is 1. The number of hydrogen-bond acceptors (Lipinski definition) is 2. The molecule has 1 unspecified atom stereocenters. The van der Waals surface area contributed by atoms with Gasteiger partial charge >= 0.3 is 5.97 Å². The second-order valence-electron chi connectivity index (χ2n) is 3.86. The minimum atomic E-state index is -0.937. The van der Waals surface area contributed by atoms with E-state index in [0.717, 1.165) is 0 Å². The first-order valence-electron chi connectivity index (χ1n) is 5.19. The van der Waals surface area contributed by atoms with Gasteiger partial charge in [0, 0.05) is 17.1 Å². The molecule has 5 heteroatoms. The molecule has 2 N–H and O–H groups in total. The lowest BCUT2D eigenvalue weighted by molar-refractivity contribution is -0.140. The molecule has 0 saturated carbocycles. The van der Waals surface area contributed by atoms with Crippen molar-refractivity contribution >= 4 is 23.5 Å². The molecule has 0 aliphatic rings. The molecule has 1 atom stereocenters. The SMILES string of the molecule is Cc1c(Cl)cccc1C(=O)NCC(C)C(=O)O. The van der Waals surface area contributed by atoms with Crippen molar-refractivity contribution in [2.24, 2.45) is 5.92 Å². The van der Waals surface area contributed by atoms with Gasteiger partial charge in [0.2, 0.25) is 0 Å². The molecule has 1 aromatic carbocycles. The van der Waals surface area contributed by atoms with Crippen LogP contribution in [0.2, 0.25) is 5.02 Å². The van der Waals surface area contributed by atoms with Crippen molar-refractivity contribution in [1.82, 2.24) is 5.32 Å². The Morgan fingerprint density at radius 1 is 1.47 bits per heavy atom. The first-order chi connectivity index (χ1) is 7.93. The Labute approximate surface area is 105 Å².